The lowest BCUT2D eigenvalue weighted by Gasteiger charge is -2.30. The number of carbonyl (C=O) groups excluding carboxylic acids is 2. The van der Waals surface area contributed by atoms with Gasteiger partial charge in [-0.15, -0.1) is 0 Å². The van der Waals surface area contributed by atoms with Gasteiger partial charge in [0.1, 0.15) is 19.3 Å². The third-order valence-electron chi connectivity index (χ3n) is 6.40. The summed E-state index contributed by atoms with van der Waals surface area (Å²) >= 11 is 3.42. The fourth-order valence-electron chi connectivity index (χ4n) is 4.03. The minimum atomic E-state index is -3.62. The van der Waals surface area contributed by atoms with Gasteiger partial charge in [-0.3, -0.25) is 13.9 Å². The number of amides is 2. The van der Waals surface area contributed by atoms with Gasteiger partial charge in [-0.1, -0.05) is 35.0 Å². The highest BCUT2D eigenvalue weighted by atomic mass is 79.9. The van der Waals surface area contributed by atoms with Crippen LogP contribution in [-0.2, 0) is 26.2 Å². The first kappa shape index (κ1) is 29.8. The third-order valence-corrected chi connectivity index (χ3v) is 8.12. The van der Waals surface area contributed by atoms with Gasteiger partial charge in [-0.05, 0) is 56.5 Å². The van der Waals surface area contributed by atoms with Gasteiger partial charge in [0.2, 0.25) is 21.8 Å². The summed E-state index contributed by atoms with van der Waals surface area (Å²) in [7, 11) is -3.62. The van der Waals surface area contributed by atoms with Crippen molar-refractivity contribution in [3.63, 3.8) is 0 Å². The van der Waals surface area contributed by atoms with Crippen LogP contribution in [0.25, 0.3) is 0 Å². The Hall–Kier alpha value is -2.79. The predicted molar refractivity (Wildman–Crippen MR) is 151 cm³/mol. The van der Waals surface area contributed by atoms with Gasteiger partial charge >= 0.3 is 0 Å². The number of nitrogens with one attached hydrogen (secondary N) is 1. The van der Waals surface area contributed by atoms with Crippen LogP contribution in [0.1, 0.15) is 45.6 Å². The van der Waals surface area contributed by atoms with Gasteiger partial charge in [0.15, 0.2) is 11.5 Å². The molecular weight excluding hydrogens is 574 g/mol. The van der Waals surface area contributed by atoms with Gasteiger partial charge in [-0.2, -0.15) is 0 Å². The molecule has 208 valence electrons. The summed E-state index contributed by atoms with van der Waals surface area (Å²) in [6.45, 7) is 6.81. The first-order valence-corrected chi connectivity index (χ1v) is 15.4. The van der Waals surface area contributed by atoms with E-state index in [2.05, 4.69) is 21.2 Å². The summed E-state index contributed by atoms with van der Waals surface area (Å²) < 4.78 is 38.5. The molecule has 11 heteroatoms. The van der Waals surface area contributed by atoms with E-state index in [1.54, 1.807) is 30.0 Å². The minimum absolute atomic E-state index is 0.0103. The van der Waals surface area contributed by atoms with Crippen molar-refractivity contribution in [2.45, 2.75) is 58.7 Å². The lowest BCUT2D eigenvalue weighted by atomic mass is 10.1. The number of sulfonamides is 1. The van der Waals surface area contributed by atoms with Crippen molar-refractivity contribution in [3.05, 3.63) is 52.5 Å². The zero-order chi connectivity index (χ0) is 27.9. The molecule has 1 heterocycles. The molecule has 0 unspecified atom stereocenters. The zero-order valence-electron chi connectivity index (χ0n) is 22.3. The molecule has 1 aliphatic rings. The van der Waals surface area contributed by atoms with Crippen molar-refractivity contribution in [1.82, 2.24) is 10.2 Å². The molecule has 0 spiro atoms. The Balaban J connectivity index is 1.73. The molecule has 2 aromatic rings. The number of hydrogen-bond acceptors (Lipinski definition) is 6. The molecule has 0 fully saturated rings. The highest BCUT2D eigenvalue weighted by molar-refractivity contribution is 9.10. The molecule has 3 rings (SSSR count). The first-order valence-electron chi connectivity index (χ1n) is 12.7. The third kappa shape index (κ3) is 8.10. The number of anilines is 1. The van der Waals surface area contributed by atoms with Crippen LogP contribution in [0.2, 0.25) is 0 Å². The van der Waals surface area contributed by atoms with Crippen LogP contribution in [0.15, 0.2) is 46.9 Å². The Morgan fingerprint density at radius 2 is 1.71 bits per heavy atom. The van der Waals surface area contributed by atoms with Crippen LogP contribution in [0.5, 0.6) is 11.5 Å². The summed E-state index contributed by atoms with van der Waals surface area (Å²) in [6.07, 6.45) is 2.26. The molecule has 1 N–H and O–H groups in total. The Morgan fingerprint density at radius 1 is 1.05 bits per heavy atom. The molecule has 2 atom stereocenters. The number of benzene rings is 2. The fraction of sp³-hybridized carbons (Fsp3) is 0.481. The van der Waals surface area contributed by atoms with Crippen LogP contribution >= 0.6 is 15.9 Å². The van der Waals surface area contributed by atoms with Crippen molar-refractivity contribution >= 4 is 43.5 Å². The molecule has 0 saturated carbocycles. The van der Waals surface area contributed by atoms with Gasteiger partial charge in [0.25, 0.3) is 0 Å². The van der Waals surface area contributed by atoms with E-state index in [1.807, 2.05) is 38.1 Å². The highest BCUT2D eigenvalue weighted by Gasteiger charge is 2.27. The number of carbonyl (C=O) groups is 2. The maximum atomic E-state index is 13.4. The fourth-order valence-corrected chi connectivity index (χ4v) is 5.25. The number of rotatable bonds is 12. The molecule has 0 bridgehead atoms. The summed E-state index contributed by atoms with van der Waals surface area (Å²) in [5.74, 6) is 0.603. The second-order valence-electron chi connectivity index (χ2n) is 9.41. The van der Waals surface area contributed by atoms with Crippen molar-refractivity contribution in [2.24, 2.45) is 0 Å². The molecule has 0 aromatic heterocycles. The smallest absolute Gasteiger partial charge is 0.242 e. The second-order valence-corrected chi connectivity index (χ2v) is 12.2. The van der Waals surface area contributed by atoms with E-state index in [9.17, 15) is 18.0 Å². The Bertz CT molecular complexity index is 1220. The van der Waals surface area contributed by atoms with E-state index < -0.39 is 16.1 Å². The van der Waals surface area contributed by atoms with Crippen molar-refractivity contribution in [3.8, 4) is 11.5 Å². The number of hydrogen-bond donors (Lipinski definition) is 1. The van der Waals surface area contributed by atoms with Crippen LogP contribution in [0.4, 0.5) is 5.69 Å². The highest BCUT2D eigenvalue weighted by Crippen LogP contribution is 2.34. The van der Waals surface area contributed by atoms with E-state index >= 15 is 0 Å². The topological polar surface area (TPSA) is 105 Å². The summed E-state index contributed by atoms with van der Waals surface area (Å²) in [5, 5.41) is 2.95. The summed E-state index contributed by atoms with van der Waals surface area (Å²) in [5.41, 5.74) is 1.33. The number of ether oxygens (including phenoxy) is 2. The Labute approximate surface area is 233 Å². The van der Waals surface area contributed by atoms with Gasteiger partial charge in [-0.25, -0.2) is 8.42 Å². The maximum Gasteiger partial charge on any atom is 0.242 e. The minimum Gasteiger partial charge on any atom is -0.486 e. The van der Waals surface area contributed by atoms with Crippen LogP contribution < -0.4 is 19.1 Å². The summed E-state index contributed by atoms with van der Waals surface area (Å²) in [6, 6.07) is 11.9. The Morgan fingerprint density at radius 3 is 2.34 bits per heavy atom. The molecule has 2 aromatic carbocycles. The quantitative estimate of drug-likeness (QED) is 0.388. The molecule has 2 amide bonds. The van der Waals surface area contributed by atoms with Crippen molar-refractivity contribution < 1.29 is 27.5 Å². The van der Waals surface area contributed by atoms with Gasteiger partial charge < -0.3 is 19.7 Å². The normalized spacial score (nSPS) is 14.3. The first-order chi connectivity index (χ1) is 18.0. The molecule has 9 nitrogen and oxygen atoms in total. The average Bonchev–Trinajstić information content (AvgIpc) is 2.89. The molecular formula is C27H36BrN3O6S. The number of nitrogens with zero attached hydrogens (tertiary/aromatic N) is 2. The number of fused-ring (bicyclic) bond motifs is 1. The maximum absolute atomic E-state index is 13.4. The zero-order valence-corrected chi connectivity index (χ0v) is 24.7. The SMILES string of the molecule is CC[C@H](C)NC(=O)[C@@H](C)N(Cc1ccc(Br)cc1)C(=O)CCCN(c1ccc2c(c1)OCCO2)S(C)(=O)=O. The Kier molecular flexibility index (Phi) is 10.4. The van der Waals surface area contributed by atoms with Crippen molar-refractivity contribution in [1.29, 1.82) is 0 Å². The van der Waals surface area contributed by atoms with E-state index in [4.69, 9.17) is 9.47 Å². The lowest BCUT2D eigenvalue weighted by Crippen LogP contribution is -2.49. The van der Waals surface area contributed by atoms with Crippen LogP contribution in [0, 0.1) is 0 Å². The van der Waals surface area contributed by atoms with E-state index in [0.29, 0.717) is 30.4 Å². The van der Waals surface area contributed by atoms with Crippen LogP contribution in [0.3, 0.4) is 0 Å². The molecule has 0 radical (unpaired) electrons. The average molecular weight is 611 g/mol. The largest absolute Gasteiger partial charge is 0.486 e. The van der Waals surface area contributed by atoms with Crippen LogP contribution in [-0.4, -0.2) is 63.2 Å². The predicted octanol–water partition coefficient (Wildman–Crippen LogP) is 4.10. The lowest BCUT2D eigenvalue weighted by molar-refractivity contribution is -0.140. The monoisotopic (exact) mass is 609 g/mol. The van der Waals surface area contributed by atoms with Gasteiger partial charge in [0.05, 0.1) is 11.9 Å². The second kappa shape index (κ2) is 13.3. The molecule has 0 saturated heterocycles. The van der Waals surface area contributed by atoms with E-state index in [-0.39, 0.29) is 43.8 Å². The molecule has 1 aliphatic heterocycles. The molecule has 0 aliphatic carbocycles. The number of halogens is 1. The van der Waals surface area contributed by atoms with E-state index in [0.717, 1.165) is 22.7 Å². The van der Waals surface area contributed by atoms with E-state index in [1.165, 1.54) is 4.31 Å². The van der Waals surface area contributed by atoms with Crippen molar-refractivity contribution in [2.75, 3.05) is 30.3 Å². The summed E-state index contributed by atoms with van der Waals surface area (Å²) in [4.78, 5) is 27.9. The standard InChI is InChI=1S/C27H36BrN3O6S/c1-5-19(2)29-27(33)20(3)30(18-21-8-10-22(28)11-9-21)26(32)7-6-14-31(38(4,34)35)23-12-13-24-25(17-23)37-16-15-36-24/h8-13,17,19-20H,5-7,14-16,18H2,1-4H3,(H,29,33)/t19-,20+/m0/s1. The molecule has 38 heavy (non-hydrogen) atoms. The van der Waals surface area contributed by atoms with Gasteiger partial charge in [0, 0.05) is 36.1 Å².